The molecule has 0 fully saturated rings. The summed E-state index contributed by atoms with van der Waals surface area (Å²) in [6.07, 6.45) is 1.14. The van der Waals surface area contributed by atoms with Crippen LogP contribution in [0.3, 0.4) is 0 Å². The van der Waals surface area contributed by atoms with Gasteiger partial charge in [0.1, 0.15) is 6.54 Å². The second-order valence-electron chi connectivity index (χ2n) is 4.20. The van der Waals surface area contributed by atoms with E-state index in [1.165, 1.54) is 4.57 Å². The summed E-state index contributed by atoms with van der Waals surface area (Å²) in [4.78, 5) is 35.1. The zero-order chi connectivity index (χ0) is 15.4. The van der Waals surface area contributed by atoms with E-state index in [4.69, 9.17) is 0 Å². The van der Waals surface area contributed by atoms with Gasteiger partial charge in [0.2, 0.25) is 5.69 Å². The molecule has 1 aromatic heterocycles. The van der Waals surface area contributed by atoms with E-state index in [1.54, 1.807) is 30.3 Å². The first-order valence-corrected chi connectivity index (χ1v) is 5.87. The molecule has 0 unspecified atom stereocenters. The van der Waals surface area contributed by atoms with Crippen molar-refractivity contribution in [2.24, 2.45) is 0 Å². The lowest BCUT2D eigenvalue weighted by molar-refractivity contribution is -0.465. The van der Waals surface area contributed by atoms with Crippen molar-refractivity contribution in [2.45, 2.75) is 6.54 Å². The number of benzene rings is 1. The van der Waals surface area contributed by atoms with Crippen LogP contribution in [-0.4, -0.2) is 31.7 Å². The molecule has 2 aromatic rings. The third-order valence-electron chi connectivity index (χ3n) is 2.72. The Bertz CT molecular complexity index is 695. The van der Waals surface area contributed by atoms with Crippen molar-refractivity contribution in [3.05, 3.63) is 68.1 Å². The second kappa shape index (κ2) is 5.90. The number of nitro groups is 2. The molecule has 0 atom stereocenters. The molecule has 1 heterocycles. The minimum absolute atomic E-state index is 0.149. The molecule has 108 valence electrons. The van der Waals surface area contributed by atoms with Gasteiger partial charge in [-0.3, -0.25) is 14.9 Å². The Morgan fingerprint density at radius 3 is 2.43 bits per heavy atom. The van der Waals surface area contributed by atoms with Crippen LogP contribution in [0.4, 0.5) is 5.82 Å². The SMILES string of the molecule is O=C(C[N+](=O)[O-])c1ncn(Cc2ccccc2)c1[N+](=O)[O-]. The van der Waals surface area contributed by atoms with Crippen LogP contribution in [0.5, 0.6) is 0 Å². The summed E-state index contributed by atoms with van der Waals surface area (Å²) < 4.78 is 1.18. The number of imidazole rings is 1. The minimum atomic E-state index is -1.02. The van der Waals surface area contributed by atoms with Crippen LogP contribution in [-0.2, 0) is 6.54 Å². The van der Waals surface area contributed by atoms with Crippen LogP contribution < -0.4 is 0 Å². The van der Waals surface area contributed by atoms with E-state index in [-0.39, 0.29) is 6.54 Å². The molecule has 0 radical (unpaired) electrons. The lowest BCUT2D eigenvalue weighted by Gasteiger charge is -2.02. The van der Waals surface area contributed by atoms with Crippen molar-refractivity contribution in [3.63, 3.8) is 0 Å². The van der Waals surface area contributed by atoms with Crippen molar-refractivity contribution >= 4 is 11.6 Å². The Morgan fingerprint density at radius 1 is 1.19 bits per heavy atom. The van der Waals surface area contributed by atoms with Gasteiger partial charge in [-0.15, -0.1) is 0 Å². The largest absolute Gasteiger partial charge is 0.358 e. The van der Waals surface area contributed by atoms with Crippen molar-refractivity contribution in [1.29, 1.82) is 0 Å². The number of nitrogens with zero attached hydrogens (tertiary/aromatic N) is 4. The predicted molar refractivity (Wildman–Crippen MR) is 70.6 cm³/mol. The van der Waals surface area contributed by atoms with E-state index in [2.05, 4.69) is 4.98 Å². The normalized spacial score (nSPS) is 10.3. The molecule has 1 aromatic carbocycles. The summed E-state index contributed by atoms with van der Waals surface area (Å²) in [6.45, 7) is -0.876. The Balaban J connectivity index is 2.35. The molecule has 0 aliphatic carbocycles. The maximum atomic E-state index is 11.6. The molecule has 2 rings (SSSR count). The summed E-state index contributed by atoms with van der Waals surface area (Å²) in [5.41, 5.74) is 0.291. The number of carbonyl (C=O) groups is 1. The van der Waals surface area contributed by atoms with Gasteiger partial charge in [-0.05, 0) is 10.5 Å². The topological polar surface area (TPSA) is 121 Å². The maximum Gasteiger partial charge on any atom is 0.354 e. The van der Waals surface area contributed by atoms with E-state index in [9.17, 15) is 25.0 Å². The fraction of sp³-hybridized carbons (Fsp3) is 0.167. The van der Waals surface area contributed by atoms with E-state index in [0.717, 1.165) is 11.9 Å². The number of ketones is 1. The monoisotopic (exact) mass is 290 g/mol. The standard InChI is InChI=1S/C12H10N4O5/c17-10(7-15(18)19)11-12(16(20)21)14(8-13-11)6-9-4-2-1-3-5-9/h1-5,8H,6-7H2. The summed E-state index contributed by atoms with van der Waals surface area (Å²) in [5, 5.41) is 21.4. The lowest BCUT2D eigenvalue weighted by atomic mass is 10.2. The zero-order valence-corrected chi connectivity index (χ0v) is 10.7. The highest BCUT2D eigenvalue weighted by Crippen LogP contribution is 2.19. The first-order valence-electron chi connectivity index (χ1n) is 5.87. The van der Waals surface area contributed by atoms with Crippen molar-refractivity contribution in [2.75, 3.05) is 6.54 Å². The highest BCUT2D eigenvalue weighted by atomic mass is 16.6. The Kier molecular flexibility index (Phi) is 4.02. The Morgan fingerprint density at radius 2 is 1.86 bits per heavy atom. The quantitative estimate of drug-likeness (QED) is 0.449. The summed E-state index contributed by atoms with van der Waals surface area (Å²) >= 11 is 0. The predicted octanol–water partition coefficient (Wildman–Crippen LogP) is 1.30. The average Bonchev–Trinajstić information content (AvgIpc) is 2.83. The maximum absolute atomic E-state index is 11.6. The van der Waals surface area contributed by atoms with Crippen LogP contribution in [0.15, 0.2) is 36.7 Å². The van der Waals surface area contributed by atoms with Crippen LogP contribution in [0.1, 0.15) is 16.1 Å². The van der Waals surface area contributed by atoms with Gasteiger partial charge in [-0.2, -0.15) is 0 Å². The van der Waals surface area contributed by atoms with Crippen molar-refractivity contribution in [1.82, 2.24) is 9.55 Å². The van der Waals surface area contributed by atoms with Gasteiger partial charge >= 0.3 is 5.82 Å². The van der Waals surface area contributed by atoms with E-state index >= 15 is 0 Å². The van der Waals surface area contributed by atoms with Crippen molar-refractivity contribution < 1.29 is 14.6 Å². The molecule has 0 amide bonds. The van der Waals surface area contributed by atoms with Gasteiger partial charge in [0.25, 0.3) is 12.3 Å². The van der Waals surface area contributed by atoms with Gasteiger partial charge in [0.05, 0.1) is 0 Å². The molecule has 21 heavy (non-hydrogen) atoms. The molecule has 0 saturated carbocycles. The summed E-state index contributed by atoms with van der Waals surface area (Å²) in [5.74, 6) is -1.52. The number of carbonyl (C=O) groups excluding carboxylic acids is 1. The first-order chi connectivity index (χ1) is 9.99. The summed E-state index contributed by atoms with van der Waals surface area (Å²) in [6, 6.07) is 8.89. The average molecular weight is 290 g/mol. The third-order valence-corrected chi connectivity index (χ3v) is 2.72. The number of hydrogen-bond donors (Lipinski definition) is 0. The Labute approximate surface area is 118 Å². The molecule has 9 nitrogen and oxygen atoms in total. The van der Waals surface area contributed by atoms with E-state index in [1.807, 2.05) is 0 Å². The summed E-state index contributed by atoms with van der Waals surface area (Å²) in [7, 11) is 0. The van der Waals surface area contributed by atoms with Crippen LogP contribution in [0, 0.1) is 20.2 Å². The molecule has 0 spiro atoms. The molecule has 0 aliphatic heterocycles. The molecule has 0 aliphatic rings. The fourth-order valence-electron chi connectivity index (χ4n) is 1.85. The van der Waals surface area contributed by atoms with E-state index < -0.39 is 33.7 Å². The van der Waals surface area contributed by atoms with E-state index in [0.29, 0.717) is 0 Å². The van der Waals surface area contributed by atoms with Gasteiger partial charge in [-0.1, -0.05) is 30.3 Å². The van der Waals surface area contributed by atoms with Crippen LogP contribution >= 0.6 is 0 Å². The molecular weight excluding hydrogens is 280 g/mol. The minimum Gasteiger partial charge on any atom is -0.358 e. The third kappa shape index (κ3) is 3.26. The van der Waals surface area contributed by atoms with Gasteiger partial charge < -0.3 is 10.1 Å². The fourth-order valence-corrected chi connectivity index (χ4v) is 1.85. The molecule has 0 N–H and O–H groups in total. The first kappa shape index (κ1) is 14.3. The van der Waals surface area contributed by atoms with Gasteiger partial charge in [0, 0.05) is 4.92 Å². The van der Waals surface area contributed by atoms with Crippen LogP contribution in [0.25, 0.3) is 0 Å². The highest BCUT2D eigenvalue weighted by molar-refractivity contribution is 5.98. The number of Topliss-reactive ketones (excluding diaryl/α,β-unsaturated/α-hetero) is 1. The number of aromatic nitrogens is 2. The second-order valence-corrected chi connectivity index (χ2v) is 4.20. The van der Waals surface area contributed by atoms with Crippen molar-refractivity contribution in [3.8, 4) is 0 Å². The van der Waals surface area contributed by atoms with Crippen LogP contribution in [0.2, 0.25) is 0 Å². The number of hydrogen-bond acceptors (Lipinski definition) is 6. The molecule has 0 saturated heterocycles. The highest BCUT2D eigenvalue weighted by Gasteiger charge is 2.29. The zero-order valence-electron chi connectivity index (χ0n) is 10.7. The smallest absolute Gasteiger partial charge is 0.354 e. The molecular formula is C12H10N4O5. The molecule has 9 heteroatoms. The molecule has 0 bridgehead atoms. The van der Waals surface area contributed by atoms with Gasteiger partial charge in [0.15, 0.2) is 6.33 Å². The Hall–Kier alpha value is -3.10. The number of rotatable bonds is 6. The lowest BCUT2D eigenvalue weighted by Crippen LogP contribution is -2.16. The van der Waals surface area contributed by atoms with Gasteiger partial charge in [-0.25, -0.2) is 9.55 Å².